The van der Waals surface area contributed by atoms with Crippen molar-refractivity contribution in [1.82, 2.24) is 0 Å². The van der Waals surface area contributed by atoms with Crippen molar-refractivity contribution < 1.29 is 9.53 Å². The molecule has 18 heavy (non-hydrogen) atoms. The predicted molar refractivity (Wildman–Crippen MR) is 76.9 cm³/mol. The molecule has 0 heterocycles. The van der Waals surface area contributed by atoms with Gasteiger partial charge in [0.25, 0.3) is 0 Å². The van der Waals surface area contributed by atoms with Crippen LogP contribution in [0.1, 0.15) is 12.8 Å². The minimum atomic E-state index is -0.533. The van der Waals surface area contributed by atoms with Gasteiger partial charge in [-0.25, -0.2) is 0 Å². The molecule has 0 aromatic heterocycles. The van der Waals surface area contributed by atoms with Gasteiger partial charge in [0.15, 0.2) is 0 Å². The molecule has 0 aliphatic heterocycles. The van der Waals surface area contributed by atoms with Crippen molar-refractivity contribution in [2.45, 2.75) is 18.9 Å². The third-order valence-corrected chi connectivity index (χ3v) is 3.60. The molecule has 0 saturated carbocycles. The molecule has 0 aliphatic carbocycles. The van der Waals surface area contributed by atoms with Gasteiger partial charge < -0.3 is 15.8 Å². The highest BCUT2D eigenvalue weighted by atomic mass is 79.9. The maximum Gasteiger partial charge on any atom is 0.241 e. The van der Waals surface area contributed by atoms with Crippen LogP contribution >= 0.6 is 27.5 Å². The van der Waals surface area contributed by atoms with Gasteiger partial charge in [0.1, 0.15) is 0 Å². The standard InChI is InChI=1S/C12H16BrClN2O2/c1-18-6-2-3-11(15)12(17)16-8-4-5-10(14)9(13)7-8/h4-5,7,11H,2-3,6,15H2,1H3,(H,16,17). The molecule has 0 radical (unpaired) electrons. The van der Waals surface area contributed by atoms with Crippen molar-refractivity contribution in [2.24, 2.45) is 5.73 Å². The van der Waals surface area contributed by atoms with Gasteiger partial charge in [-0.05, 0) is 47.0 Å². The van der Waals surface area contributed by atoms with E-state index in [9.17, 15) is 4.79 Å². The second kappa shape index (κ2) is 7.74. The highest BCUT2D eigenvalue weighted by molar-refractivity contribution is 9.10. The average Bonchev–Trinajstić information content (AvgIpc) is 2.34. The van der Waals surface area contributed by atoms with E-state index in [0.29, 0.717) is 23.7 Å². The highest BCUT2D eigenvalue weighted by Crippen LogP contribution is 2.25. The summed E-state index contributed by atoms with van der Waals surface area (Å²) in [5.41, 5.74) is 6.43. The molecule has 1 atom stereocenters. The maximum atomic E-state index is 11.8. The smallest absolute Gasteiger partial charge is 0.241 e. The van der Waals surface area contributed by atoms with Crippen LogP contribution in [-0.2, 0) is 9.53 Å². The number of rotatable bonds is 6. The Kier molecular flexibility index (Phi) is 6.63. The zero-order valence-electron chi connectivity index (χ0n) is 10.1. The lowest BCUT2D eigenvalue weighted by molar-refractivity contribution is -0.117. The zero-order chi connectivity index (χ0) is 13.5. The molecule has 1 rings (SSSR count). The number of methoxy groups -OCH3 is 1. The molecule has 1 aromatic carbocycles. The average molecular weight is 336 g/mol. The second-order valence-corrected chi connectivity index (χ2v) is 5.12. The number of amides is 1. The van der Waals surface area contributed by atoms with Crippen LogP contribution in [0.15, 0.2) is 22.7 Å². The topological polar surface area (TPSA) is 64.3 Å². The Morgan fingerprint density at radius 3 is 2.94 bits per heavy atom. The van der Waals surface area contributed by atoms with E-state index in [2.05, 4.69) is 21.2 Å². The quantitative estimate of drug-likeness (QED) is 0.786. The monoisotopic (exact) mass is 334 g/mol. The van der Waals surface area contributed by atoms with E-state index in [1.54, 1.807) is 25.3 Å². The summed E-state index contributed by atoms with van der Waals surface area (Å²) < 4.78 is 5.64. The number of hydrogen-bond donors (Lipinski definition) is 2. The Bertz CT molecular complexity index is 415. The van der Waals surface area contributed by atoms with Gasteiger partial charge in [-0.1, -0.05) is 11.6 Å². The zero-order valence-corrected chi connectivity index (χ0v) is 12.4. The number of benzene rings is 1. The number of anilines is 1. The summed E-state index contributed by atoms with van der Waals surface area (Å²) in [5.74, 6) is -0.208. The summed E-state index contributed by atoms with van der Waals surface area (Å²) in [6, 6.07) is 4.64. The molecule has 0 spiro atoms. The van der Waals surface area contributed by atoms with Crippen LogP contribution in [0.4, 0.5) is 5.69 Å². The first-order valence-corrected chi connectivity index (χ1v) is 6.72. The van der Waals surface area contributed by atoms with E-state index in [0.717, 1.165) is 10.9 Å². The van der Waals surface area contributed by atoms with Gasteiger partial charge in [0.05, 0.1) is 11.1 Å². The lowest BCUT2D eigenvalue weighted by atomic mass is 10.1. The Morgan fingerprint density at radius 1 is 1.61 bits per heavy atom. The van der Waals surface area contributed by atoms with E-state index < -0.39 is 6.04 Å². The minimum absolute atomic E-state index is 0.208. The molecule has 0 bridgehead atoms. The fraction of sp³-hybridized carbons (Fsp3) is 0.417. The van der Waals surface area contributed by atoms with Crippen LogP contribution in [0.25, 0.3) is 0 Å². The van der Waals surface area contributed by atoms with Gasteiger partial charge in [-0.2, -0.15) is 0 Å². The fourth-order valence-corrected chi connectivity index (χ4v) is 1.88. The highest BCUT2D eigenvalue weighted by Gasteiger charge is 2.13. The second-order valence-electron chi connectivity index (χ2n) is 3.86. The number of carbonyl (C=O) groups excluding carboxylic acids is 1. The summed E-state index contributed by atoms with van der Waals surface area (Å²) in [5, 5.41) is 3.34. The van der Waals surface area contributed by atoms with Crippen molar-refractivity contribution in [3.63, 3.8) is 0 Å². The van der Waals surface area contributed by atoms with Crippen molar-refractivity contribution in [3.05, 3.63) is 27.7 Å². The molecular weight excluding hydrogens is 320 g/mol. The van der Waals surface area contributed by atoms with Crippen molar-refractivity contribution >= 4 is 39.1 Å². The molecule has 1 unspecified atom stereocenters. The summed E-state index contributed by atoms with van der Waals surface area (Å²) in [7, 11) is 1.62. The van der Waals surface area contributed by atoms with E-state index in [1.165, 1.54) is 0 Å². The van der Waals surface area contributed by atoms with Crippen molar-refractivity contribution in [3.8, 4) is 0 Å². The number of nitrogens with one attached hydrogen (secondary N) is 1. The minimum Gasteiger partial charge on any atom is -0.385 e. The van der Waals surface area contributed by atoms with Gasteiger partial charge in [0.2, 0.25) is 5.91 Å². The number of halogens is 2. The van der Waals surface area contributed by atoms with Crippen LogP contribution in [-0.4, -0.2) is 25.7 Å². The van der Waals surface area contributed by atoms with Crippen LogP contribution in [0.5, 0.6) is 0 Å². The molecule has 1 aromatic rings. The Labute approximate surface area is 120 Å². The molecule has 1 amide bonds. The van der Waals surface area contributed by atoms with Crippen LogP contribution in [0, 0.1) is 0 Å². The lowest BCUT2D eigenvalue weighted by Gasteiger charge is -2.12. The van der Waals surface area contributed by atoms with E-state index in [1.807, 2.05) is 0 Å². The van der Waals surface area contributed by atoms with Crippen molar-refractivity contribution in [1.29, 1.82) is 0 Å². The maximum absolute atomic E-state index is 11.8. The van der Waals surface area contributed by atoms with Gasteiger partial charge >= 0.3 is 0 Å². The largest absolute Gasteiger partial charge is 0.385 e. The molecule has 4 nitrogen and oxygen atoms in total. The lowest BCUT2D eigenvalue weighted by Crippen LogP contribution is -2.35. The molecule has 0 saturated heterocycles. The first-order valence-electron chi connectivity index (χ1n) is 5.55. The molecule has 6 heteroatoms. The molecule has 0 fully saturated rings. The Balaban J connectivity index is 2.50. The van der Waals surface area contributed by atoms with E-state index in [4.69, 9.17) is 22.1 Å². The Morgan fingerprint density at radius 2 is 2.33 bits per heavy atom. The molecule has 100 valence electrons. The van der Waals surface area contributed by atoms with Crippen LogP contribution in [0.2, 0.25) is 5.02 Å². The first kappa shape index (κ1) is 15.4. The summed E-state index contributed by atoms with van der Waals surface area (Å²) >= 11 is 9.16. The summed E-state index contributed by atoms with van der Waals surface area (Å²) in [6.07, 6.45) is 1.35. The predicted octanol–water partition coefficient (Wildman–Crippen LogP) is 2.79. The third-order valence-electron chi connectivity index (χ3n) is 2.39. The van der Waals surface area contributed by atoms with Gasteiger partial charge in [-0.15, -0.1) is 0 Å². The number of ether oxygens (including phenoxy) is 1. The van der Waals surface area contributed by atoms with Gasteiger partial charge in [-0.3, -0.25) is 4.79 Å². The number of nitrogens with two attached hydrogens (primary N) is 1. The van der Waals surface area contributed by atoms with Crippen LogP contribution in [0.3, 0.4) is 0 Å². The fourth-order valence-electron chi connectivity index (χ4n) is 1.39. The SMILES string of the molecule is COCCCC(N)C(=O)Nc1ccc(Cl)c(Br)c1. The van der Waals surface area contributed by atoms with Crippen molar-refractivity contribution in [2.75, 3.05) is 19.0 Å². The normalized spacial score (nSPS) is 12.2. The Hall–Kier alpha value is -0.620. The third kappa shape index (κ3) is 4.94. The molecule has 3 N–H and O–H groups in total. The van der Waals surface area contributed by atoms with Crippen LogP contribution < -0.4 is 11.1 Å². The summed E-state index contributed by atoms with van der Waals surface area (Å²) in [6.45, 7) is 0.605. The molecular formula is C12H16BrClN2O2. The molecule has 0 aliphatic rings. The van der Waals surface area contributed by atoms with Gasteiger partial charge in [0, 0.05) is 23.9 Å². The van der Waals surface area contributed by atoms with E-state index >= 15 is 0 Å². The number of carbonyl (C=O) groups is 1. The summed E-state index contributed by atoms with van der Waals surface area (Å²) in [4.78, 5) is 11.8. The first-order chi connectivity index (χ1) is 8.54. The van der Waals surface area contributed by atoms with E-state index in [-0.39, 0.29) is 5.91 Å². The number of hydrogen-bond acceptors (Lipinski definition) is 3.